The standard InChI is InChI=1S/C16H20N2OS/c1-11-8-18(9-12(2)20-11)16-14(10-19)7-13-5-3-4-6-15(13)17-16/h3-7,11-12,19H,8-10H2,1-2H3. The summed E-state index contributed by atoms with van der Waals surface area (Å²) in [5.74, 6) is 0.949. The lowest BCUT2D eigenvalue weighted by Crippen LogP contribution is -2.41. The molecular weight excluding hydrogens is 268 g/mol. The van der Waals surface area contributed by atoms with E-state index in [0.717, 1.165) is 35.4 Å². The van der Waals surface area contributed by atoms with Gasteiger partial charge in [0.1, 0.15) is 5.82 Å². The van der Waals surface area contributed by atoms with Gasteiger partial charge in [0.25, 0.3) is 0 Å². The van der Waals surface area contributed by atoms with Crippen molar-refractivity contribution in [1.82, 2.24) is 4.98 Å². The Morgan fingerprint density at radius 3 is 2.65 bits per heavy atom. The molecule has 1 aliphatic rings. The van der Waals surface area contributed by atoms with Gasteiger partial charge in [-0.05, 0) is 12.1 Å². The first kappa shape index (κ1) is 13.7. The molecule has 0 amide bonds. The van der Waals surface area contributed by atoms with E-state index in [4.69, 9.17) is 4.98 Å². The highest BCUT2D eigenvalue weighted by Crippen LogP contribution is 2.31. The van der Waals surface area contributed by atoms with Gasteiger partial charge in [-0.3, -0.25) is 0 Å². The van der Waals surface area contributed by atoms with Crippen molar-refractivity contribution >= 4 is 28.5 Å². The first-order valence-corrected chi connectivity index (χ1v) is 8.01. The molecule has 3 nitrogen and oxygen atoms in total. The molecule has 2 aromatic rings. The summed E-state index contributed by atoms with van der Waals surface area (Å²) in [5, 5.41) is 12.0. The minimum absolute atomic E-state index is 0.0412. The Bertz CT molecular complexity index is 606. The second-order valence-electron chi connectivity index (χ2n) is 5.48. The lowest BCUT2D eigenvalue weighted by Gasteiger charge is -2.36. The molecule has 2 heterocycles. The third kappa shape index (κ3) is 2.63. The van der Waals surface area contributed by atoms with E-state index in [1.54, 1.807) is 0 Å². The molecule has 0 aliphatic carbocycles. The number of rotatable bonds is 2. The number of hydrogen-bond acceptors (Lipinski definition) is 4. The lowest BCUT2D eigenvalue weighted by atomic mass is 10.1. The van der Waals surface area contributed by atoms with E-state index in [9.17, 15) is 5.11 Å². The molecule has 0 saturated carbocycles. The molecule has 0 spiro atoms. The van der Waals surface area contributed by atoms with Crippen LogP contribution in [0.25, 0.3) is 10.9 Å². The molecular formula is C16H20N2OS. The van der Waals surface area contributed by atoms with E-state index in [1.807, 2.05) is 36.0 Å². The largest absolute Gasteiger partial charge is 0.392 e. The summed E-state index contributed by atoms with van der Waals surface area (Å²) in [4.78, 5) is 7.12. The lowest BCUT2D eigenvalue weighted by molar-refractivity contribution is 0.281. The second-order valence-corrected chi connectivity index (χ2v) is 7.37. The van der Waals surface area contributed by atoms with Crippen LogP contribution in [0.3, 0.4) is 0 Å². The zero-order valence-electron chi connectivity index (χ0n) is 11.9. The van der Waals surface area contributed by atoms with E-state index in [-0.39, 0.29) is 6.61 Å². The quantitative estimate of drug-likeness (QED) is 0.921. The van der Waals surface area contributed by atoms with Gasteiger partial charge < -0.3 is 10.0 Å². The predicted molar refractivity (Wildman–Crippen MR) is 86.4 cm³/mol. The SMILES string of the molecule is CC1CN(c2nc3ccccc3cc2CO)CC(C)S1. The predicted octanol–water partition coefficient (Wildman–Crippen LogP) is 3.06. The minimum atomic E-state index is 0.0412. The third-order valence-corrected chi connectivity index (χ3v) is 4.90. The zero-order chi connectivity index (χ0) is 14.1. The van der Waals surface area contributed by atoms with E-state index >= 15 is 0 Å². The number of thioether (sulfide) groups is 1. The van der Waals surface area contributed by atoms with Gasteiger partial charge in [0.15, 0.2) is 0 Å². The molecule has 106 valence electrons. The van der Waals surface area contributed by atoms with Gasteiger partial charge >= 0.3 is 0 Å². The molecule has 2 atom stereocenters. The first-order chi connectivity index (χ1) is 9.67. The molecule has 2 unspecified atom stereocenters. The number of para-hydroxylation sites is 1. The fourth-order valence-electron chi connectivity index (χ4n) is 2.89. The van der Waals surface area contributed by atoms with Crippen LogP contribution < -0.4 is 4.90 Å². The Kier molecular flexibility index (Phi) is 3.85. The van der Waals surface area contributed by atoms with Crippen LogP contribution in [0.2, 0.25) is 0 Å². The molecule has 1 aromatic heterocycles. The molecule has 1 saturated heterocycles. The van der Waals surface area contributed by atoms with Gasteiger partial charge in [-0.25, -0.2) is 4.98 Å². The van der Waals surface area contributed by atoms with Gasteiger partial charge in [-0.15, -0.1) is 0 Å². The monoisotopic (exact) mass is 288 g/mol. The van der Waals surface area contributed by atoms with Gasteiger partial charge in [-0.2, -0.15) is 11.8 Å². The van der Waals surface area contributed by atoms with Gasteiger partial charge in [0.2, 0.25) is 0 Å². The summed E-state index contributed by atoms with van der Waals surface area (Å²) < 4.78 is 0. The zero-order valence-corrected chi connectivity index (χ0v) is 12.7. The Morgan fingerprint density at radius 1 is 1.25 bits per heavy atom. The van der Waals surface area contributed by atoms with Crippen molar-refractivity contribution in [2.45, 2.75) is 31.0 Å². The van der Waals surface area contributed by atoms with Crippen LogP contribution in [-0.2, 0) is 6.61 Å². The Morgan fingerprint density at radius 2 is 1.95 bits per heavy atom. The molecule has 1 aromatic carbocycles. The molecule has 1 N–H and O–H groups in total. The summed E-state index contributed by atoms with van der Waals surface area (Å²) in [6.07, 6.45) is 0. The van der Waals surface area contributed by atoms with E-state index in [0.29, 0.717) is 10.5 Å². The van der Waals surface area contributed by atoms with Crippen molar-refractivity contribution < 1.29 is 5.11 Å². The van der Waals surface area contributed by atoms with Crippen LogP contribution in [0, 0.1) is 0 Å². The molecule has 20 heavy (non-hydrogen) atoms. The smallest absolute Gasteiger partial charge is 0.134 e. The summed E-state index contributed by atoms with van der Waals surface area (Å²) in [6, 6.07) is 10.2. The van der Waals surface area contributed by atoms with Crippen molar-refractivity contribution in [2.75, 3.05) is 18.0 Å². The van der Waals surface area contributed by atoms with Crippen molar-refractivity contribution in [3.8, 4) is 0 Å². The van der Waals surface area contributed by atoms with Crippen molar-refractivity contribution in [3.05, 3.63) is 35.9 Å². The third-order valence-electron chi connectivity index (χ3n) is 3.67. The van der Waals surface area contributed by atoms with Gasteiger partial charge in [0, 0.05) is 34.5 Å². The number of fused-ring (bicyclic) bond motifs is 1. The number of aromatic nitrogens is 1. The summed E-state index contributed by atoms with van der Waals surface area (Å²) in [6.45, 7) is 6.54. The highest BCUT2D eigenvalue weighted by molar-refractivity contribution is 8.00. The summed E-state index contributed by atoms with van der Waals surface area (Å²) >= 11 is 2.02. The summed E-state index contributed by atoms with van der Waals surface area (Å²) in [7, 11) is 0. The maximum Gasteiger partial charge on any atom is 0.134 e. The molecule has 1 fully saturated rings. The molecule has 0 radical (unpaired) electrons. The number of aliphatic hydroxyl groups is 1. The number of hydrogen-bond donors (Lipinski definition) is 1. The highest BCUT2D eigenvalue weighted by Gasteiger charge is 2.25. The maximum atomic E-state index is 9.67. The van der Waals surface area contributed by atoms with Gasteiger partial charge in [0.05, 0.1) is 12.1 Å². The van der Waals surface area contributed by atoms with Crippen LogP contribution in [-0.4, -0.2) is 33.7 Å². The summed E-state index contributed by atoms with van der Waals surface area (Å²) in [5.41, 5.74) is 1.92. The molecule has 4 heteroatoms. The van der Waals surface area contributed by atoms with Crippen molar-refractivity contribution in [1.29, 1.82) is 0 Å². The van der Waals surface area contributed by atoms with Crippen LogP contribution >= 0.6 is 11.8 Å². The van der Waals surface area contributed by atoms with Crippen molar-refractivity contribution in [3.63, 3.8) is 0 Å². The molecule has 3 rings (SSSR count). The van der Waals surface area contributed by atoms with E-state index < -0.39 is 0 Å². The topological polar surface area (TPSA) is 36.4 Å². The van der Waals surface area contributed by atoms with Crippen LogP contribution in [0.1, 0.15) is 19.4 Å². The van der Waals surface area contributed by atoms with E-state index in [1.165, 1.54) is 0 Å². The Balaban J connectivity index is 2.04. The van der Waals surface area contributed by atoms with Crippen molar-refractivity contribution in [2.24, 2.45) is 0 Å². The minimum Gasteiger partial charge on any atom is -0.392 e. The molecule has 1 aliphatic heterocycles. The fourth-order valence-corrected chi connectivity index (χ4v) is 4.22. The first-order valence-electron chi connectivity index (χ1n) is 7.07. The second kappa shape index (κ2) is 5.62. The fraction of sp³-hybridized carbons (Fsp3) is 0.438. The normalized spacial score (nSPS) is 23.2. The van der Waals surface area contributed by atoms with E-state index in [2.05, 4.69) is 24.8 Å². The van der Waals surface area contributed by atoms with Crippen LogP contribution in [0.15, 0.2) is 30.3 Å². The number of pyridine rings is 1. The Labute approximate surface area is 124 Å². The number of nitrogens with zero attached hydrogens (tertiary/aromatic N) is 2. The molecule has 0 bridgehead atoms. The van der Waals surface area contributed by atoms with Gasteiger partial charge in [-0.1, -0.05) is 32.0 Å². The number of anilines is 1. The number of aliphatic hydroxyl groups excluding tert-OH is 1. The average Bonchev–Trinajstić information content (AvgIpc) is 2.44. The maximum absolute atomic E-state index is 9.67. The highest BCUT2D eigenvalue weighted by atomic mass is 32.2. The van der Waals surface area contributed by atoms with Crippen LogP contribution in [0.4, 0.5) is 5.82 Å². The Hall–Kier alpha value is -1.26. The number of benzene rings is 1. The van der Waals surface area contributed by atoms with Crippen LogP contribution in [0.5, 0.6) is 0 Å². The average molecular weight is 288 g/mol.